The van der Waals surface area contributed by atoms with Crippen molar-refractivity contribution in [3.63, 3.8) is 0 Å². The topological polar surface area (TPSA) is 90.7 Å². The molecule has 2 aromatic heterocycles. The summed E-state index contributed by atoms with van der Waals surface area (Å²) in [6.07, 6.45) is 4.80. The Balaban J connectivity index is 0.00000128. The second-order valence-corrected chi connectivity index (χ2v) is 2.98. The Morgan fingerprint density at radius 2 is 1.82 bits per heavy atom. The van der Waals surface area contributed by atoms with Crippen LogP contribution in [0.15, 0.2) is 23.0 Å². The molecule has 2 rings (SSSR count). The van der Waals surface area contributed by atoms with Crippen LogP contribution in [0.25, 0.3) is 11.6 Å². The normalized spacial score (nSPS) is 9.24. The van der Waals surface area contributed by atoms with Crippen molar-refractivity contribution in [2.75, 3.05) is 6.54 Å². The van der Waals surface area contributed by atoms with E-state index in [9.17, 15) is 0 Å². The van der Waals surface area contributed by atoms with Crippen LogP contribution in [0.5, 0.6) is 0 Å². The third kappa shape index (κ3) is 4.26. The minimum absolute atomic E-state index is 0. The number of aromatic nitrogens is 4. The summed E-state index contributed by atoms with van der Waals surface area (Å²) in [5.41, 5.74) is 5.38. The summed E-state index contributed by atoms with van der Waals surface area (Å²) in [7, 11) is 0. The van der Waals surface area contributed by atoms with Crippen LogP contribution in [0, 0.1) is 0 Å². The van der Waals surface area contributed by atoms with Gasteiger partial charge in [0.25, 0.3) is 0 Å². The van der Waals surface area contributed by atoms with Gasteiger partial charge in [-0.05, 0) is 19.0 Å². The fourth-order valence-corrected chi connectivity index (χ4v) is 1.12. The number of hydrogen-bond acceptors (Lipinski definition) is 6. The van der Waals surface area contributed by atoms with E-state index in [1.807, 2.05) is 0 Å². The van der Waals surface area contributed by atoms with E-state index in [2.05, 4.69) is 20.1 Å². The zero-order valence-corrected chi connectivity index (χ0v) is 10.6. The van der Waals surface area contributed by atoms with Crippen LogP contribution in [0.2, 0.25) is 0 Å². The van der Waals surface area contributed by atoms with E-state index in [4.69, 9.17) is 10.3 Å². The van der Waals surface area contributed by atoms with Gasteiger partial charge in [0.2, 0.25) is 17.5 Å². The Morgan fingerprint density at radius 3 is 2.47 bits per heavy atom. The summed E-state index contributed by atoms with van der Waals surface area (Å²) in [6.45, 7) is 0.611. The number of nitrogens with zero attached hydrogens (tertiary/aromatic N) is 4. The predicted octanol–water partition coefficient (Wildman–Crippen LogP) is 1.26. The molecule has 94 valence electrons. The molecule has 0 saturated heterocycles. The zero-order valence-electron chi connectivity index (χ0n) is 8.94. The van der Waals surface area contributed by atoms with Crippen LogP contribution < -0.4 is 5.73 Å². The highest BCUT2D eigenvalue weighted by molar-refractivity contribution is 5.85. The number of halogens is 2. The highest BCUT2D eigenvalue weighted by atomic mass is 35.5. The average Bonchev–Trinajstić information content (AvgIpc) is 2.76. The summed E-state index contributed by atoms with van der Waals surface area (Å²) in [5, 5.41) is 3.79. The quantitative estimate of drug-likeness (QED) is 0.905. The van der Waals surface area contributed by atoms with Crippen LogP contribution >= 0.6 is 24.8 Å². The Hall–Kier alpha value is -1.24. The highest BCUT2D eigenvalue weighted by Crippen LogP contribution is 2.09. The molecule has 0 radical (unpaired) electrons. The van der Waals surface area contributed by atoms with Gasteiger partial charge in [-0.3, -0.25) is 0 Å². The van der Waals surface area contributed by atoms with Gasteiger partial charge in [-0.25, -0.2) is 9.97 Å². The van der Waals surface area contributed by atoms with Gasteiger partial charge in [-0.15, -0.1) is 24.8 Å². The van der Waals surface area contributed by atoms with Crippen molar-refractivity contribution in [3.8, 4) is 11.6 Å². The molecular formula is C9H13Cl2N5O. The molecule has 8 heteroatoms. The van der Waals surface area contributed by atoms with Crippen LogP contribution in [0.4, 0.5) is 0 Å². The lowest BCUT2D eigenvalue weighted by Gasteiger charge is -1.89. The molecular weight excluding hydrogens is 265 g/mol. The first-order chi connectivity index (χ1) is 7.40. The average molecular weight is 278 g/mol. The van der Waals surface area contributed by atoms with Crippen molar-refractivity contribution in [2.45, 2.75) is 12.8 Å². The monoisotopic (exact) mass is 277 g/mol. The van der Waals surface area contributed by atoms with Gasteiger partial charge in [0.15, 0.2) is 0 Å². The summed E-state index contributed by atoms with van der Waals surface area (Å²) in [5.74, 6) is 1.46. The van der Waals surface area contributed by atoms with Crippen LogP contribution in [0.1, 0.15) is 12.3 Å². The number of rotatable bonds is 4. The van der Waals surface area contributed by atoms with Crippen molar-refractivity contribution in [2.24, 2.45) is 5.73 Å². The van der Waals surface area contributed by atoms with E-state index in [0.29, 0.717) is 30.5 Å². The second-order valence-electron chi connectivity index (χ2n) is 2.98. The Morgan fingerprint density at radius 1 is 1.12 bits per heavy atom. The lowest BCUT2D eigenvalue weighted by molar-refractivity contribution is 0.376. The molecule has 2 N–H and O–H groups in total. The molecule has 0 unspecified atom stereocenters. The van der Waals surface area contributed by atoms with E-state index in [0.717, 1.165) is 6.42 Å². The minimum atomic E-state index is 0. The Labute approximate surface area is 111 Å². The maximum absolute atomic E-state index is 5.38. The second kappa shape index (κ2) is 7.94. The van der Waals surface area contributed by atoms with Gasteiger partial charge < -0.3 is 10.3 Å². The molecule has 2 aromatic rings. The summed E-state index contributed by atoms with van der Waals surface area (Å²) >= 11 is 0. The lowest BCUT2D eigenvalue weighted by Crippen LogP contribution is -2.00. The molecule has 0 saturated carbocycles. The van der Waals surface area contributed by atoms with Crippen LogP contribution in [-0.2, 0) is 6.42 Å². The fourth-order valence-electron chi connectivity index (χ4n) is 1.12. The first kappa shape index (κ1) is 15.8. The number of nitrogens with two attached hydrogens (primary N) is 1. The Kier molecular flexibility index (Phi) is 7.36. The number of aryl methyl sites for hydroxylation is 1. The van der Waals surface area contributed by atoms with Crippen molar-refractivity contribution >= 4 is 24.8 Å². The van der Waals surface area contributed by atoms with Crippen molar-refractivity contribution in [3.05, 3.63) is 24.4 Å². The molecule has 2 heterocycles. The van der Waals surface area contributed by atoms with Gasteiger partial charge in [-0.2, -0.15) is 4.98 Å². The zero-order chi connectivity index (χ0) is 10.5. The fraction of sp³-hybridized carbons (Fsp3) is 0.333. The molecule has 0 amide bonds. The third-order valence-electron chi connectivity index (χ3n) is 1.83. The molecule has 17 heavy (non-hydrogen) atoms. The highest BCUT2D eigenvalue weighted by Gasteiger charge is 2.09. The van der Waals surface area contributed by atoms with Gasteiger partial charge in [0.05, 0.1) is 0 Å². The Bertz CT molecular complexity index is 422. The molecule has 0 atom stereocenters. The summed E-state index contributed by atoms with van der Waals surface area (Å²) < 4.78 is 5.02. The van der Waals surface area contributed by atoms with Crippen LogP contribution in [0.3, 0.4) is 0 Å². The largest absolute Gasteiger partial charge is 0.339 e. The number of hydrogen-bond donors (Lipinski definition) is 1. The summed E-state index contributed by atoms with van der Waals surface area (Å²) in [4.78, 5) is 12.2. The standard InChI is InChI=1S/C9H11N5O.2ClH/c10-4-1-3-7-13-9(14-15-7)8-11-5-2-6-12-8;;/h2,5-6H,1,3-4,10H2;2*1H. The molecule has 0 aliphatic carbocycles. The first-order valence-electron chi connectivity index (χ1n) is 4.70. The molecule has 0 aliphatic heterocycles. The predicted molar refractivity (Wildman–Crippen MR) is 67.2 cm³/mol. The van der Waals surface area contributed by atoms with Gasteiger partial charge in [0, 0.05) is 18.8 Å². The SMILES string of the molecule is Cl.Cl.NCCCc1nc(-c2ncccn2)no1. The third-order valence-corrected chi connectivity index (χ3v) is 1.83. The smallest absolute Gasteiger partial charge is 0.240 e. The van der Waals surface area contributed by atoms with Crippen molar-refractivity contribution in [1.29, 1.82) is 0 Å². The van der Waals surface area contributed by atoms with Crippen molar-refractivity contribution < 1.29 is 4.52 Å². The molecule has 0 spiro atoms. The molecule has 0 bridgehead atoms. The maximum Gasteiger partial charge on any atom is 0.240 e. The molecule has 6 nitrogen and oxygen atoms in total. The van der Waals surface area contributed by atoms with E-state index >= 15 is 0 Å². The lowest BCUT2D eigenvalue weighted by atomic mass is 10.3. The minimum Gasteiger partial charge on any atom is -0.339 e. The van der Waals surface area contributed by atoms with Crippen LogP contribution in [-0.4, -0.2) is 26.7 Å². The maximum atomic E-state index is 5.38. The van der Waals surface area contributed by atoms with E-state index in [1.54, 1.807) is 18.5 Å². The molecule has 0 aliphatic rings. The van der Waals surface area contributed by atoms with Crippen molar-refractivity contribution in [1.82, 2.24) is 20.1 Å². The van der Waals surface area contributed by atoms with Gasteiger partial charge in [0.1, 0.15) is 0 Å². The first-order valence-corrected chi connectivity index (χ1v) is 4.70. The molecule has 0 aromatic carbocycles. The van der Waals surface area contributed by atoms with Gasteiger partial charge in [-0.1, -0.05) is 5.16 Å². The van der Waals surface area contributed by atoms with Gasteiger partial charge >= 0.3 is 0 Å². The van der Waals surface area contributed by atoms with E-state index < -0.39 is 0 Å². The van der Waals surface area contributed by atoms with E-state index in [-0.39, 0.29) is 24.8 Å². The van der Waals surface area contributed by atoms with E-state index in [1.165, 1.54) is 0 Å². The summed E-state index contributed by atoms with van der Waals surface area (Å²) in [6, 6.07) is 1.74. The molecule has 0 fully saturated rings.